The van der Waals surface area contributed by atoms with E-state index in [1.807, 2.05) is 24.3 Å². The van der Waals surface area contributed by atoms with Gasteiger partial charge in [0, 0.05) is 32.9 Å². The maximum Gasteiger partial charge on any atom is 0.119 e. The third kappa shape index (κ3) is 3.57. The summed E-state index contributed by atoms with van der Waals surface area (Å²) in [5.41, 5.74) is 6.56. The Labute approximate surface area is 231 Å². The van der Waals surface area contributed by atoms with Gasteiger partial charge < -0.3 is 28.1 Å². The number of hydrogen-bond acceptors (Lipinski definition) is 4. The van der Waals surface area contributed by atoms with Crippen molar-refractivity contribution in [1.29, 1.82) is 0 Å². The monoisotopic (exact) mass is 528 g/mol. The molecule has 0 bridgehead atoms. The molecule has 0 amide bonds. The van der Waals surface area contributed by atoms with Gasteiger partial charge in [0.15, 0.2) is 0 Å². The lowest BCUT2D eigenvalue weighted by Crippen LogP contribution is -1.97. The van der Waals surface area contributed by atoms with Gasteiger partial charge in [-0.2, -0.15) is 0 Å². The zero-order valence-corrected chi connectivity index (χ0v) is 22.8. The Kier molecular flexibility index (Phi) is 5.56. The van der Waals surface area contributed by atoms with Crippen molar-refractivity contribution < 1.29 is 18.9 Å². The quantitative estimate of drug-likeness (QED) is 0.220. The van der Waals surface area contributed by atoms with E-state index in [1.54, 1.807) is 28.4 Å². The Morgan fingerprint density at radius 2 is 0.600 bits per heavy atom. The summed E-state index contributed by atoms with van der Waals surface area (Å²) >= 11 is 0. The Morgan fingerprint density at radius 1 is 0.350 bits per heavy atom. The second-order valence-corrected chi connectivity index (χ2v) is 9.72. The van der Waals surface area contributed by atoms with Gasteiger partial charge in [-0.15, -0.1) is 0 Å². The van der Waals surface area contributed by atoms with Gasteiger partial charge in [-0.25, -0.2) is 0 Å². The van der Waals surface area contributed by atoms with E-state index in [4.69, 9.17) is 18.9 Å². The van der Waals surface area contributed by atoms with Crippen LogP contribution in [0.25, 0.3) is 55.0 Å². The average molecular weight is 529 g/mol. The minimum Gasteiger partial charge on any atom is -0.497 e. The van der Waals surface area contributed by atoms with E-state index in [2.05, 4.69) is 81.9 Å². The van der Waals surface area contributed by atoms with Crippen molar-refractivity contribution in [3.05, 3.63) is 97.1 Å². The Morgan fingerprint density at radius 3 is 0.825 bits per heavy atom. The van der Waals surface area contributed by atoms with Crippen LogP contribution in [0.4, 0.5) is 0 Å². The number of aromatic nitrogens is 2. The number of methoxy groups -OCH3 is 4. The van der Waals surface area contributed by atoms with Gasteiger partial charge in [0.1, 0.15) is 23.0 Å². The number of rotatable bonds is 6. The summed E-state index contributed by atoms with van der Waals surface area (Å²) in [6.45, 7) is 0. The molecule has 0 unspecified atom stereocenters. The molecule has 0 fully saturated rings. The lowest BCUT2D eigenvalue weighted by molar-refractivity contribution is 0.415. The van der Waals surface area contributed by atoms with Crippen LogP contribution in [0, 0.1) is 0 Å². The van der Waals surface area contributed by atoms with Crippen molar-refractivity contribution in [3.8, 4) is 34.4 Å². The highest BCUT2D eigenvalue weighted by atomic mass is 16.5. The van der Waals surface area contributed by atoms with Crippen LogP contribution < -0.4 is 18.9 Å². The van der Waals surface area contributed by atoms with Crippen LogP contribution in [-0.2, 0) is 0 Å². The highest BCUT2D eigenvalue weighted by Crippen LogP contribution is 2.38. The fraction of sp³-hybridized carbons (Fsp3) is 0.118. The maximum atomic E-state index is 5.54. The minimum atomic E-state index is 0.823. The molecule has 2 heterocycles. The van der Waals surface area contributed by atoms with Gasteiger partial charge in [0.05, 0.1) is 50.5 Å². The fourth-order valence-electron chi connectivity index (χ4n) is 5.78. The first kappa shape index (κ1) is 24.0. The molecule has 0 aliphatic carbocycles. The van der Waals surface area contributed by atoms with Crippen LogP contribution in [0.1, 0.15) is 0 Å². The van der Waals surface area contributed by atoms with Gasteiger partial charge in [0.25, 0.3) is 0 Å². The molecular weight excluding hydrogens is 500 g/mol. The van der Waals surface area contributed by atoms with Gasteiger partial charge in [0.2, 0.25) is 0 Å². The molecular formula is C34H28N2O4. The number of hydrogen-bond donors (Lipinski definition) is 0. The molecule has 198 valence electrons. The molecule has 0 radical (unpaired) electrons. The van der Waals surface area contributed by atoms with Crippen LogP contribution in [0.3, 0.4) is 0 Å². The van der Waals surface area contributed by atoms with E-state index < -0.39 is 0 Å². The first-order chi connectivity index (χ1) is 19.6. The third-order valence-electron chi connectivity index (χ3n) is 7.72. The summed E-state index contributed by atoms with van der Waals surface area (Å²) in [6.07, 6.45) is 0. The van der Waals surface area contributed by atoms with Crippen LogP contribution in [0.15, 0.2) is 97.1 Å². The molecule has 7 rings (SSSR count). The van der Waals surface area contributed by atoms with E-state index in [9.17, 15) is 0 Å². The second-order valence-electron chi connectivity index (χ2n) is 9.72. The summed E-state index contributed by atoms with van der Waals surface area (Å²) in [5, 5.41) is 4.45. The average Bonchev–Trinajstić information content (AvgIpc) is 3.51. The standard InChI is InChI=1S/C34H28N2O4/c1-37-23-9-13-31-27(17-23)28-18-24(38-2)10-14-32(28)35(31)21-5-7-22(8-6-21)36-33-15-11-25(39-3)19-29(33)30-20-26(40-4)12-16-34(30)36/h5-20H,1-4H3. The normalized spacial score (nSPS) is 11.5. The summed E-state index contributed by atoms with van der Waals surface area (Å²) in [4.78, 5) is 0. The number of fused-ring (bicyclic) bond motifs is 6. The Bertz CT molecular complexity index is 1780. The molecule has 0 atom stereocenters. The fourth-order valence-corrected chi connectivity index (χ4v) is 5.78. The molecule has 7 aromatic rings. The molecule has 40 heavy (non-hydrogen) atoms. The van der Waals surface area contributed by atoms with Gasteiger partial charge in [-0.3, -0.25) is 0 Å². The number of benzene rings is 5. The molecule has 0 aliphatic rings. The van der Waals surface area contributed by atoms with E-state index in [0.717, 1.165) is 78.0 Å². The largest absolute Gasteiger partial charge is 0.497 e. The van der Waals surface area contributed by atoms with E-state index in [-0.39, 0.29) is 0 Å². The molecule has 0 aliphatic heterocycles. The predicted octanol–water partition coefficient (Wildman–Crippen LogP) is 7.92. The van der Waals surface area contributed by atoms with Gasteiger partial charge in [-0.1, -0.05) is 0 Å². The molecule has 0 N–H and O–H groups in total. The molecule has 0 spiro atoms. The van der Waals surface area contributed by atoms with Crippen molar-refractivity contribution in [3.63, 3.8) is 0 Å². The van der Waals surface area contributed by atoms with Gasteiger partial charge in [-0.05, 0) is 97.1 Å². The molecule has 0 saturated carbocycles. The molecule has 5 aromatic carbocycles. The van der Waals surface area contributed by atoms with E-state index in [1.165, 1.54) is 0 Å². The van der Waals surface area contributed by atoms with Crippen LogP contribution in [0.2, 0.25) is 0 Å². The molecule has 2 aromatic heterocycles. The predicted molar refractivity (Wildman–Crippen MR) is 161 cm³/mol. The van der Waals surface area contributed by atoms with Crippen LogP contribution in [0.5, 0.6) is 23.0 Å². The van der Waals surface area contributed by atoms with E-state index in [0.29, 0.717) is 0 Å². The number of nitrogens with zero attached hydrogens (tertiary/aromatic N) is 2. The Hall–Kier alpha value is -5.10. The Balaban J connectivity index is 1.43. The summed E-state index contributed by atoms with van der Waals surface area (Å²) < 4.78 is 26.7. The van der Waals surface area contributed by atoms with Crippen molar-refractivity contribution in [2.75, 3.05) is 28.4 Å². The van der Waals surface area contributed by atoms with Crippen molar-refractivity contribution >= 4 is 43.6 Å². The summed E-state index contributed by atoms with van der Waals surface area (Å²) in [6, 6.07) is 33.5. The summed E-state index contributed by atoms with van der Waals surface area (Å²) in [5.74, 6) is 3.29. The topological polar surface area (TPSA) is 46.8 Å². The third-order valence-corrected chi connectivity index (χ3v) is 7.72. The smallest absolute Gasteiger partial charge is 0.119 e. The first-order valence-corrected chi connectivity index (χ1v) is 13.1. The molecule has 6 heteroatoms. The minimum absolute atomic E-state index is 0.823. The molecule has 0 saturated heterocycles. The first-order valence-electron chi connectivity index (χ1n) is 13.1. The van der Waals surface area contributed by atoms with E-state index >= 15 is 0 Å². The van der Waals surface area contributed by atoms with Crippen LogP contribution in [-0.4, -0.2) is 37.6 Å². The lowest BCUT2D eigenvalue weighted by atomic mass is 10.1. The van der Waals surface area contributed by atoms with Crippen LogP contribution >= 0.6 is 0 Å². The van der Waals surface area contributed by atoms with Crippen molar-refractivity contribution in [1.82, 2.24) is 9.13 Å². The highest BCUT2D eigenvalue weighted by molar-refractivity contribution is 6.11. The summed E-state index contributed by atoms with van der Waals surface area (Å²) in [7, 11) is 6.78. The highest BCUT2D eigenvalue weighted by Gasteiger charge is 2.17. The lowest BCUT2D eigenvalue weighted by Gasteiger charge is -2.12. The van der Waals surface area contributed by atoms with Crippen molar-refractivity contribution in [2.24, 2.45) is 0 Å². The maximum absolute atomic E-state index is 5.54. The van der Waals surface area contributed by atoms with Crippen molar-refractivity contribution in [2.45, 2.75) is 0 Å². The van der Waals surface area contributed by atoms with Gasteiger partial charge >= 0.3 is 0 Å². The zero-order valence-electron chi connectivity index (χ0n) is 22.8. The zero-order chi connectivity index (χ0) is 27.4. The number of ether oxygens (including phenoxy) is 4. The SMILES string of the molecule is COc1ccc2c(c1)c1cc(OC)ccc1n2-c1ccc(-n2c3ccc(OC)cc3c3cc(OC)ccc32)cc1. The molecule has 6 nitrogen and oxygen atoms in total. The second kappa shape index (κ2) is 9.27.